The number of hydrogen-bond acceptors (Lipinski definition) is 6. The number of rotatable bonds is 8. The fourth-order valence-corrected chi connectivity index (χ4v) is 4.63. The zero-order valence-electron chi connectivity index (χ0n) is 21.1. The van der Waals surface area contributed by atoms with Gasteiger partial charge in [0.2, 0.25) is 0 Å². The van der Waals surface area contributed by atoms with Gasteiger partial charge in [-0.3, -0.25) is 14.3 Å². The third-order valence-electron chi connectivity index (χ3n) is 5.95. The number of carbonyl (C=O) groups excluding carboxylic acids is 1. The van der Waals surface area contributed by atoms with Crippen molar-refractivity contribution in [1.29, 1.82) is 0 Å². The minimum Gasteiger partial charge on any atom is -0.272 e. The van der Waals surface area contributed by atoms with Gasteiger partial charge in [0.05, 0.1) is 11.5 Å². The minimum absolute atomic E-state index is 0.143. The highest BCUT2D eigenvalue weighted by Gasteiger charge is 2.17. The summed E-state index contributed by atoms with van der Waals surface area (Å²) in [7, 11) is 0. The standard InChI is InChI=1S/C30H26N6OS/c1-21-8-14-27(15-9-21)36-29(26-16-18-31-19-17-26)34-35-30(36)38-20-28(37)33-32-22(2)23-10-12-25(13-11-23)24-6-4-3-5-7-24/h3-19H,20H2,1-2H3,(H,33,37)/b32-22-. The summed E-state index contributed by atoms with van der Waals surface area (Å²) >= 11 is 1.31. The van der Waals surface area contributed by atoms with Crippen LogP contribution in [0.4, 0.5) is 0 Å². The van der Waals surface area contributed by atoms with Crippen LogP contribution in [0.25, 0.3) is 28.2 Å². The molecule has 3 aromatic carbocycles. The van der Waals surface area contributed by atoms with Crippen LogP contribution in [0.1, 0.15) is 18.1 Å². The van der Waals surface area contributed by atoms with Crippen LogP contribution in [-0.4, -0.2) is 37.1 Å². The fraction of sp³-hybridized carbons (Fsp3) is 0.100. The highest BCUT2D eigenvalue weighted by Crippen LogP contribution is 2.28. The third-order valence-corrected chi connectivity index (χ3v) is 6.88. The van der Waals surface area contributed by atoms with Crippen LogP contribution in [0, 0.1) is 6.92 Å². The van der Waals surface area contributed by atoms with Gasteiger partial charge in [0.15, 0.2) is 11.0 Å². The van der Waals surface area contributed by atoms with E-state index in [1.54, 1.807) is 12.4 Å². The Morgan fingerprint density at radius 1 is 0.842 bits per heavy atom. The molecule has 188 valence electrons. The Kier molecular flexibility index (Phi) is 7.70. The summed E-state index contributed by atoms with van der Waals surface area (Å²) in [4.78, 5) is 16.8. The maximum Gasteiger partial charge on any atom is 0.250 e. The van der Waals surface area contributed by atoms with Gasteiger partial charge < -0.3 is 0 Å². The maximum atomic E-state index is 12.7. The number of aryl methyl sites for hydroxylation is 1. The van der Waals surface area contributed by atoms with E-state index in [1.165, 1.54) is 11.8 Å². The van der Waals surface area contributed by atoms with Crippen molar-refractivity contribution in [3.8, 4) is 28.2 Å². The molecule has 5 aromatic rings. The molecule has 0 bridgehead atoms. The van der Waals surface area contributed by atoms with Crippen molar-refractivity contribution in [2.45, 2.75) is 19.0 Å². The number of thioether (sulfide) groups is 1. The minimum atomic E-state index is -0.223. The molecule has 0 unspecified atom stereocenters. The Balaban J connectivity index is 1.27. The summed E-state index contributed by atoms with van der Waals surface area (Å²) in [5.41, 5.74) is 9.59. The van der Waals surface area contributed by atoms with E-state index < -0.39 is 0 Å². The predicted octanol–water partition coefficient (Wildman–Crippen LogP) is 5.94. The predicted molar refractivity (Wildman–Crippen MR) is 152 cm³/mol. The van der Waals surface area contributed by atoms with Crippen LogP contribution in [-0.2, 0) is 4.79 Å². The van der Waals surface area contributed by atoms with Crippen molar-refractivity contribution in [2.75, 3.05) is 5.75 Å². The third kappa shape index (κ3) is 5.87. The van der Waals surface area contributed by atoms with E-state index >= 15 is 0 Å². The lowest BCUT2D eigenvalue weighted by atomic mass is 10.0. The zero-order chi connectivity index (χ0) is 26.3. The maximum absolute atomic E-state index is 12.7. The van der Waals surface area contributed by atoms with Crippen LogP contribution in [0.15, 0.2) is 114 Å². The molecule has 0 atom stereocenters. The van der Waals surface area contributed by atoms with Crippen molar-refractivity contribution in [2.24, 2.45) is 5.10 Å². The lowest BCUT2D eigenvalue weighted by Gasteiger charge is -2.10. The van der Waals surface area contributed by atoms with Gasteiger partial charge in [-0.15, -0.1) is 10.2 Å². The van der Waals surface area contributed by atoms with E-state index in [0.29, 0.717) is 11.0 Å². The number of nitrogens with zero attached hydrogens (tertiary/aromatic N) is 5. The van der Waals surface area contributed by atoms with Crippen molar-refractivity contribution in [3.63, 3.8) is 0 Å². The van der Waals surface area contributed by atoms with E-state index in [-0.39, 0.29) is 11.7 Å². The number of nitrogens with one attached hydrogen (secondary N) is 1. The molecular weight excluding hydrogens is 492 g/mol. The Hall–Kier alpha value is -4.56. The van der Waals surface area contributed by atoms with Gasteiger partial charge in [-0.1, -0.05) is 84.1 Å². The summed E-state index contributed by atoms with van der Waals surface area (Å²) in [6.45, 7) is 3.92. The summed E-state index contributed by atoms with van der Waals surface area (Å²) in [6, 6.07) is 30.2. The summed E-state index contributed by atoms with van der Waals surface area (Å²) < 4.78 is 1.95. The molecule has 8 heteroatoms. The highest BCUT2D eigenvalue weighted by molar-refractivity contribution is 7.99. The monoisotopic (exact) mass is 518 g/mol. The summed E-state index contributed by atoms with van der Waals surface area (Å²) in [5.74, 6) is 0.607. The fourth-order valence-electron chi connectivity index (χ4n) is 3.89. The molecule has 0 fully saturated rings. The van der Waals surface area contributed by atoms with E-state index in [2.05, 4.69) is 50.0 Å². The first kappa shape index (κ1) is 25.1. The van der Waals surface area contributed by atoms with Gasteiger partial charge in [-0.25, -0.2) is 5.43 Å². The van der Waals surface area contributed by atoms with Crippen LogP contribution in [0.2, 0.25) is 0 Å². The first-order chi connectivity index (χ1) is 18.6. The molecule has 7 nitrogen and oxygen atoms in total. The van der Waals surface area contributed by atoms with Crippen molar-refractivity contribution >= 4 is 23.4 Å². The Bertz CT molecular complexity index is 1550. The molecule has 1 N–H and O–H groups in total. The number of hydrazone groups is 1. The first-order valence-corrected chi connectivity index (χ1v) is 13.1. The second-order valence-corrected chi connectivity index (χ2v) is 9.62. The van der Waals surface area contributed by atoms with Crippen molar-refractivity contribution in [1.82, 2.24) is 25.2 Å². The second-order valence-electron chi connectivity index (χ2n) is 8.68. The highest BCUT2D eigenvalue weighted by atomic mass is 32.2. The van der Waals surface area contributed by atoms with Crippen LogP contribution in [0.3, 0.4) is 0 Å². The van der Waals surface area contributed by atoms with Crippen LogP contribution < -0.4 is 5.43 Å². The van der Waals surface area contributed by atoms with Gasteiger partial charge in [0.1, 0.15) is 0 Å². The Morgan fingerprint density at radius 3 is 2.24 bits per heavy atom. The lowest BCUT2D eigenvalue weighted by Crippen LogP contribution is -2.21. The molecule has 0 aliphatic carbocycles. The number of benzene rings is 3. The van der Waals surface area contributed by atoms with E-state index in [1.807, 2.05) is 85.1 Å². The summed E-state index contributed by atoms with van der Waals surface area (Å²) in [6.07, 6.45) is 3.44. The molecule has 0 spiro atoms. The molecular formula is C30H26N6OS. The summed E-state index contributed by atoms with van der Waals surface area (Å²) in [5, 5.41) is 13.7. The van der Waals surface area contributed by atoms with Crippen molar-refractivity contribution in [3.05, 3.63) is 115 Å². The molecule has 0 aliphatic rings. The number of pyridine rings is 1. The van der Waals surface area contributed by atoms with E-state index in [9.17, 15) is 4.79 Å². The molecule has 0 saturated carbocycles. The van der Waals surface area contributed by atoms with Crippen molar-refractivity contribution < 1.29 is 4.79 Å². The average molecular weight is 519 g/mol. The molecule has 5 rings (SSSR count). The van der Waals surface area contributed by atoms with Crippen LogP contribution >= 0.6 is 11.8 Å². The zero-order valence-corrected chi connectivity index (χ0v) is 21.9. The van der Waals surface area contributed by atoms with Gasteiger partial charge in [0.25, 0.3) is 5.91 Å². The SMILES string of the molecule is C/C(=N/NC(=O)CSc1nnc(-c2ccncc2)n1-c1ccc(C)cc1)c1ccc(-c2ccccc2)cc1. The molecule has 2 aromatic heterocycles. The largest absolute Gasteiger partial charge is 0.272 e. The Labute approximate surface area is 225 Å². The molecule has 38 heavy (non-hydrogen) atoms. The lowest BCUT2D eigenvalue weighted by molar-refractivity contribution is -0.118. The number of hydrogen-bond donors (Lipinski definition) is 1. The quantitative estimate of drug-likeness (QED) is 0.156. The second kappa shape index (κ2) is 11.7. The molecule has 0 radical (unpaired) electrons. The number of aromatic nitrogens is 4. The molecule has 1 amide bonds. The molecule has 2 heterocycles. The first-order valence-electron chi connectivity index (χ1n) is 12.1. The molecule has 0 aliphatic heterocycles. The molecule has 0 saturated heterocycles. The number of carbonyl (C=O) groups is 1. The van der Waals surface area contributed by atoms with E-state index in [0.717, 1.165) is 39.2 Å². The van der Waals surface area contributed by atoms with Crippen LogP contribution in [0.5, 0.6) is 0 Å². The van der Waals surface area contributed by atoms with Gasteiger partial charge in [-0.2, -0.15) is 5.10 Å². The number of amides is 1. The van der Waals surface area contributed by atoms with Gasteiger partial charge in [-0.05, 0) is 54.8 Å². The smallest absolute Gasteiger partial charge is 0.250 e. The topological polar surface area (TPSA) is 85.1 Å². The Morgan fingerprint density at radius 2 is 1.53 bits per heavy atom. The van der Waals surface area contributed by atoms with Gasteiger partial charge >= 0.3 is 0 Å². The van der Waals surface area contributed by atoms with E-state index in [4.69, 9.17) is 0 Å². The average Bonchev–Trinajstić information content (AvgIpc) is 3.40. The van der Waals surface area contributed by atoms with Gasteiger partial charge in [0, 0.05) is 23.6 Å². The normalized spacial score (nSPS) is 11.4.